The van der Waals surface area contributed by atoms with Crippen molar-refractivity contribution in [1.82, 2.24) is 9.97 Å². The van der Waals surface area contributed by atoms with Crippen molar-refractivity contribution in [3.05, 3.63) is 231 Å². The molecule has 1 heterocycles. The summed E-state index contributed by atoms with van der Waals surface area (Å²) in [4.78, 5) is 11.4. The zero-order valence-corrected chi connectivity index (χ0v) is 44.3. The summed E-state index contributed by atoms with van der Waals surface area (Å²) in [6.07, 6.45) is 0. The second kappa shape index (κ2) is 22.5. The number of hydrogen-bond donors (Lipinski definition) is 0. The van der Waals surface area contributed by atoms with E-state index in [1.165, 1.54) is 0 Å². The van der Waals surface area contributed by atoms with E-state index in [9.17, 15) is 0 Å². The van der Waals surface area contributed by atoms with Gasteiger partial charge < -0.3 is 28.4 Å². The normalized spacial score (nSPS) is 10.9. The predicted octanol–water partition coefficient (Wildman–Crippen LogP) is 17.2. The highest BCUT2D eigenvalue weighted by atomic mass is 16.5. The van der Waals surface area contributed by atoms with Gasteiger partial charge in [0.05, 0.1) is 65.4 Å². The summed E-state index contributed by atoms with van der Waals surface area (Å²) in [5.74, 6) is 4.34. The maximum absolute atomic E-state index is 5.68. The largest absolute Gasteiger partial charge is 0.497 e. The van der Waals surface area contributed by atoms with Crippen LogP contribution in [0.1, 0.15) is 0 Å². The molecule has 0 saturated carbocycles. The Morgan fingerprint density at radius 2 is 0.359 bits per heavy atom. The Kier molecular flexibility index (Phi) is 14.5. The van der Waals surface area contributed by atoms with Gasteiger partial charge in [-0.15, -0.1) is 0 Å². The van der Waals surface area contributed by atoms with E-state index >= 15 is 0 Å². The van der Waals surface area contributed by atoms with Crippen molar-refractivity contribution in [1.29, 1.82) is 0 Å². The third kappa shape index (κ3) is 10.4. The smallest absolute Gasteiger partial charge is 0.161 e. The van der Waals surface area contributed by atoms with Crippen LogP contribution in [0.3, 0.4) is 0 Å². The van der Waals surface area contributed by atoms with Gasteiger partial charge in [0, 0.05) is 22.3 Å². The van der Waals surface area contributed by atoms with Crippen LogP contribution in [-0.2, 0) is 0 Å². The zero-order chi connectivity index (χ0) is 53.5. The number of nitrogens with zero attached hydrogens (tertiary/aromatic N) is 2. The molecular weight excluding hydrogens is 965 g/mol. The first kappa shape index (κ1) is 50.2. The Morgan fingerprint density at radius 3 is 0.564 bits per heavy atom. The highest BCUT2D eigenvalue weighted by Gasteiger charge is 2.21. The number of methoxy groups -OCH3 is 6. The topological polar surface area (TPSA) is 81.2 Å². The van der Waals surface area contributed by atoms with Crippen molar-refractivity contribution < 1.29 is 28.4 Å². The van der Waals surface area contributed by atoms with Gasteiger partial charge in [-0.3, -0.25) is 0 Å². The molecule has 0 aliphatic carbocycles. The maximum atomic E-state index is 5.68. The van der Waals surface area contributed by atoms with Crippen LogP contribution in [0, 0.1) is 0 Å². The minimum absolute atomic E-state index is 0.663. The fourth-order valence-electron chi connectivity index (χ4n) is 9.83. The zero-order valence-electron chi connectivity index (χ0n) is 44.3. The molecule has 1 aromatic heterocycles. The average molecular weight is 1020 g/mol. The second-order valence-electron chi connectivity index (χ2n) is 18.7. The number of benzene rings is 10. The molecule has 78 heavy (non-hydrogen) atoms. The van der Waals surface area contributed by atoms with Crippen LogP contribution in [-0.4, -0.2) is 52.6 Å². The first-order valence-corrected chi connectivity index (χ1v) is 25.6. The van der Waals surface area contributed by atoms with E-state index in [1.807, 2.05) is 60.7 Å². The molecule has 0 N–H and O–H groups in total. The molecule has 382 valence electrons. The van der Waals surface area contributed by atoms with Crippen LogP contribution >= 0.6 is 0 Å². The number of aromatic nitrogens is 2. The Bertz CT molecular complexity index is 3580. The Labute approximate surface area is 455 Å². The lowest BCUT2D eigenvalue weighted by molar-refractivity contribution is 0.355. The van der Waals surface area contributed by atoms with E-state index in [0.29, 0.717) is 23.0 Å². The molecule has 0 aliphatic rings. The molecule has 0 unspecified atom stereocenters. The van der Waals surface area contributed by atoms with Crippen LogP contribution in [0.2, 0.25) is 0 Å². The Morgan fingerprint density at radius 1 is 0.179 bits per heavy atom. The van der Waals surface area contributed by atoms with Gasteiger partial charge in [-0.25, -0.2) is 9.97 Å². The second-order valence-corrected chi connectivity index (χ2v) is 18.7. The van der Waals surface area contributed by atoms with Crippen LogP contribution in [0.4, 0.5) is 0 Å². The van der Waals surface area contributed by atoms with Crippen molar-refractivity contribution in [3.63, 3.8) is 0 Å². The monoisotopic (exact) mass is 1020 g/mol. The molecule has 0 atom stereocenters. The van der Waals surface area contributed by atoms with E-state index in [1.54, 1.807) is 42.7 Å². The first-order chi connectivity index (χ1) is 38.3. The molecule has 11 aromatic rings. The van der Waals surface area contributed by atoms with Gasteiger partial charge in [0.1, 0.15) is 11.5 Å². The minimum atomic E-state index is 0.663. The van der Waals surface area contributed by atoms with Crippen molar-refractivity contribution in [2.24, 2.45) is 0 Å². The van der Waals surface area contributed by atoms with Gasteiger partial charge in [0.2, 0.25) is 0 Å². The highest BCUT2D eigenvalue weighted by Crippen LogP contribution is 2.41. The van der Waals surface area contributed by atoms with E-state index in [-0.39, 0.29) is 0 Å². The summed E-state index contributed by atoms with van der Waals surface area (Å²) < 4.78 is 33.2. The quantitative estimate of drug-likeness (QED) is 0.0947. The molecule has 10 aromatic carbocycles. The van der Waals surface area contributed by atoms with Gasteiger partial charge in [0.15, 0.2) is 23.0 Å². The standard InChI is InChI=1S/C70H56N2O6/c1-73-61-37-31-51(32-38-61)47-11-7-45(8-12-47)49-15-23-55(24-16-49)67-68(56-25-17-50(18-26-56)46-9-13-48(14-10-46)52-33-39-62(74-2)40-34-52)72-70(58-29-21-54(22-30-58)60-36-42-64(76-4)66(44-60)78-6)69(71-67)57-27-19-53(20-28-57)59-35-41-63(75-3)65(43-59)77-5/h7-44H,1-6H3. The third-order valence-electron chi connectivity index (χ3n) is 14.2. The summed E-state index contributed by atoms with van der Waals surface area (Å²) in [5.41, 5.74) is 19.7. The lowest BCUT2D eigenvalue weighted by atomic mass is 9.95. The summed E-state index contributed by atoms with van der Waals surface area (Å²) in [7, 11) is 9.96. The predicted molar refractivity (Wildman–Crippen MR) is 316 cm³/mol. The van der Waals surface area contributed by atoms with Gasteiger partial charge in [0.25, 0.3) is 0 Å². The van der Waals surface area contributed by atoms with E-state index in [4.69, 9.17) is 38.4 Å². The van der Waals surface area contributed by atoms with E-state index in [2.05, 4.69) is 170 Å². The van der Waals surface area contributed by atoms with Crippen LogP contribution in [0.25, 0.3) is 112 Å². The summed E-state index contributed by atoms with van der Waals surface area (Å²) in [5, 5.41) is 0. The van der Waals surface area contributed by atoms with Gasteiger partial charge in [-0.05, 0) is 115 Å². The molecule has 0 spiro atoms. The molecule has 0 radical (unpaired) electrons. The molecule has 0 fully saturated rings. The molecule has 11 rings (SSSR count). The Hall–Kier alpha value is -9.92. The van der Waals surface area contributed by atoms with Crippen LogP contribution in [0.15, 0.2) is 231 Å². The molecule has 0 amide bonds. The summed E-state index contributed by atoms with van der Waals surface area (Å²) >= 11 is 0. The highest BCUT2D eigenvalue weighted by molar-refractivity contribution is 5.89. The van der Waals surface area contributed by atoms with E-state index in [0.717, 1.165) is 123 Å². The SMILES string of the molecule is COc1ccc(-c2ccc(-c3ccc(-c4nc(-c5ccc(-c6ccc(OC)c(OC)c6)cc5)c(-c5ccc(-c6ccc(OC)c(OC)c6)cc5)nc4-c4ccc(-c5ccc(-c6ccc(OC)cc6)cc5)cc4)cc3)cc2)cc1. The molecule has 0 saturated heterocycles. The van der Waals surface area contributed by atoms with Crippen molar-refractivity contribution in [3.8, 4) is 146 Å². The number of hydrogen-bond acceptors (Lipinski definition) is 8. The van der Waals surface area contributed by atoms with Crippen molar-refractivity contribution in [2.75, 3.05) is 42.7 Å². The fraction of sp³-hybridized carbons (Fsp3) is 0.0857. The summed E-state index contributed by atoms with van der Waals surface area (Å²) in [6, 6.07) is 79.7. The Balaban J connectivity index is 1.02. The van der Waals surface area contributed by atoms with Crippen LogP contribution in [0.5, 0.6) is 34.5 Å². The molecule has 0 bridgehead atoms. The molecular formula is C70H56N2O6. The fourth-order valence-corrected chi connectivity index (χ4v) is 9.83. The van der Waals surface area contributed by atoms with Crippen molar-refractivity contribution >= 4 is 0 Å². The molecule has 8 heteroatoms. The minimum Gasteiger partial charge on any atom is -0.497 e. The third-order valence-corrected chi connectivity index (χ3v) is 14.2. The van der Waals surface area contributed by atoms with Gasteiger partial charge in [-0.1, -0.05) is 182 Å². The van der Waals surface area contributed by atoms with Gasteiger partial charge in [-0.2, -0.15) is 0 Å². The maximum Gasteiger partial charge on any atom is 0.161 e. The van der Waals surface area contributed by atoms with Crippen LogP contribution < -0.4 is 28.4 Å². The number of ether oxygens (including phenoxy) is 6. The molecule has 8 nitrogen and oxygen atoms in total. The lowest BCUT2D eigenvalue weighted by Crippen LogP contribution is -2.01. The van der Waals surface area contributed by atoms with Gasteiger partial charge >= 0.3 is 0 Å². The van der Waals surface area contributed by atoms with E-state index < -0.39 is 0 Å². The first-order valence-electron chi connectivity index (χ1n) is 25.6. The summed E-state index contributed by atoms with van der Waals surface area (Å²) in [6.45, 7) is 0. The lowest BCUT2D eigenvalue weighted by Gasteiger charge is -2.17. The average Bonchev–Trinajstić information content (AvgIpc) is 3.56. The molecule has 0 aliphatic heterocycles. The number of rotatable bonds is 16. The van der Waals surface area contributed by atoms with Crippen molar-refractivity contribution in [2.45, 2.75) is 0 Å².